The van der Waals surface area contributed by atoms with Crippen molar-refractivity contribution in [3.8, 4) is 0 Å². The lowest BCUT2D eigenvalue weighted by Crippen LogP contribution is -2.24. The SMILES string of the molecule is CN1C(=O)c2ccc(NC(=O)/C=C/c3c(Cl)cccc3Cl)cc2C1=O. The summed E-state index contributed by atoms with van der Waals surface area (Å²) in [6.07, 6.45) is 2.80. The number of fused-ring (bicyclic) bond motifs is 1. The molecule has 1 N–H and O–H groups in total. The van der Waals surface area contributed by atoms with Crippen molar-refractivity contribution in [3.05, 3.63) is 69.2 Å². The molecule has 0 fully saturated rings. The molecule has 3 rings (SSSR count). The van der Waals surface area contributed by atoms with E-state index in [0.29, 0.717) is 26.9 Å². The average Bonchev–Trinajstić information content (AvgIpc) is 2.79. The lowest BCUT2D eigenvalue weighted by molar-refractivity contribution is -0.111. The van der Waals surface area contributed by atoms with E-state index < -0.39 is 11.8 Å². The maximum atomic E-state index is 12.1. The molecule has 0 spiro atoms. The summed E-state index contributed by atoms with van der Waals surface area (Å²) < 4.78 is 0. The Kier molecular flexibility index (Phi) is 4.61. The molecule has 0 atom stereocenters. The largest absolute Gasteiger partial charge is 0.322 e. The summed E-state index contributed by atoms with van der Waals surface area (Å²) in [4.78, 5) is 36.9. The second-order valence-corrected chi connectivity index (χ2v) is 6.20. The molecule has 0 radical (unpaired) electrons. The zero-order valence-corrected chi connectivity index (χ0v) is 14.6. The topological polar surface area (TPSA) is 66.5 Å². The van der Waals surface area contributed by atoms with Gasteiger partial charge >= 0.3 is 0 Å². The van der Waals surface area contributed by atoms with E-state index in [1.807, 2.05) is 0 Å². The van der Waals surface area contributed by atoms with Crippen molar-refractivity contribution in [2.24, 2.45) is 0 Å². The van der Waals surface area contributed by atoms with Crippen LogP contribution in [0.25, 0.3) is 6.08 Å². The summed E-state index contributed by atoms with van der Waals surface area (Å²) in [6.45, 7) is 0. The first-order chi connectivity index (χ1) is 11.9. The zero-order chi connectivity index (χ0) is 18.1. The van der Waals surface area contributed by atoms with Gasteiger partial charge in [-0.3, -0.25) is 19.3 Å². The van der Waals surface area contributed by atoms with Gasteiger partial charge in [0, 0.05) is 34.4 Å². The molecule has 1 aliphatic rings. The fourth-order valence-electron chi connectivity index (χ4n) is 2.45. The molecule has 0 saturated heterocycles. The van der Waals surface area contributed by atoms with Gasteiger partial charge < -0.3 is 5.32 Å². The molecule has 5 nitrogen and oxygen atoms in total. The molecule has 0 aliphatic carbocycles. The quantitative estimate of drug-likeness (QED) is 0.654. The fraction of sp³-hybridized carbons (Fsp3) is 0.0556. The van der Waals surface area contributed by atoms with E-state index >= 15 is 0 Å². The first-order valence-electron chi connectivity index (χ1n) is 7.28. The highest BCUT2D eigenvalue weighted by atomic mass is 35.5. The number of nitrogens with zero attached hydrogens (tertiary/aromatic N) is 1. The highest BCUT2D eigenvalue weighted by Crippen LogP contribution is 2.26. The van der Waals surface area contributed by atoms with Gasteiger partial charge in [0.2, 0.25) is 5.91 Å². The second-order valence-electron chi connectivity index (χ2n) is 5.39. The van der Waals surface area contributed by atoms with Crippen LogP contribution in [0.3, 0.4) is 0 Å². The second kappa shape index (κ2) is 6.70. The van der Waals surface area contributed by atoms with Gasteiger partial charge in [-0.15, -0.1) is 0 Å². The highest BCUT2D eigenvalue weighted by Gasteiger charge is 2.32. The molecule has 3 amide bonds. The number of nitrogens with one attached hydrogen (secondary N) is 1. The first kappa shape index (κ1) is 17.2. The van der Waals surface area contributed by atoms with Crippen LogP contribution < -0.4 is 5.32 Å². The number of carbonyl (C=O) groups excluding carboxylic acids is 3. The summed E-state index contributed by atoms with van der Waals surface area (Å²) in [7, 11) is 1.42. The van der Waals surface area contributed by atoms with Gasteiger partial charge in [-0.25, -0.2) is 0 Å². The number of amides is 3. The molecule has 0 saturated carbocycles. The molecule has 25 heavy (non-hydrogen) atoms. The lowest BCUT2D eigenvalue weighted by atomic mass is 10.1. The minimum Gasteiger partial charge on any atom is -0.322 e. The van der Waals surface area contributed by atoms with Crippen molar-refractivity contribution in [2.45, 2.75) is 0 Å². The minimum atomic E-state index is -0.416. The predicted octanol–water partition coefficient (Wildman–Crippen LogP) is 3.87. The third kappa shape index (κ3) is 3.29. The van der Waals surface area contributed by atoms with E-state index in [-0.39, 0.29) is 11.5 Å². The smallest absolute Gasteiger partial charge is 0.261 e. The van der Waals surface area contributed by atoms with Crippen molar-refractivity contribution >= 4 is 52.7 Å². The average molecular weight is 375 g/mol. The monoisotopic (exact) mass is 374 g/mol. The number of anilines is 1. The molecule has 7 heteroatoms. The third-order valence-electron chi connectivity index (χ3n) is 3.76. The van der Waals surface area contributed by atoms with Crippen LogP contribution in [0.1, 0.15) is 26.3 Å². The Morgan fingerprint density at radius 2 is 1.68 bits per heavy atom. The van der Waals surface area contributed by atoms with Gasteiger partial charge in [0.25, 0.3) is 11.8 Å². The Morgan fingerprint density at radius 1 is 1.04 bits per heavy atom. The molecule has 0 unspecified atom stereocenters. The van der Waals surface area contributed by atoms with Crippen molar-refractivity contribution in [1.82, 2.24) is 4.90 Å². The standard InChI is InChI=1S/C18H12Cl2N2O3/c1-22-17(24)11-6-5-10(9-13(11)18(22)25)21-16(23)8-7-12-14(19)3-2-4-15(12)20/h2-9H,1H3,(H,21,23)/b8-7+. The summed E-state index contributed by atoms with van der Waals surface area (Å²) >= 11 is 12.1. The highest BCUT2D eigenvalue weighted by molar-refractivity contribution is 6.37. The van der Waals surface area contributed by atoms with Crippen molar-refractivity contribution in [3.63, 3.8) is 0 Å². The molecule has 0 bridgehead atoms. The predicted molar refractivity (Wildman–Crippen MR) is 97.0 cm³/mol. The summed E-state index contributed by atoms with van der Waals surface area (Å²) in [5, 5.41) is 3.50. The number of hydrogen-bond donors (Lipinski definition) is 1. The number of rotatable bonds is 3. The Bertz CT molecular complexity index is 918. The van der Waals surface area contributed by atoms with E-state index in [4.69, 9.17) is 23.2 Å². The van der Waals surface area contributed by atoms with Crippen molar-refractivity contribution in [2.75, 3.05) is 12.4 Å². The minimum absolute atomic E-state index is 0.267. The first-order valence-corrected chi connectivity index (χ1v) is 8.03. The zero-order valence-electron chi connectivity index (χ0n) is 13.0. The molecular formula is C18H12Cl2N2O3. The maximum absolute atomic E-state index is 12.1. The Balaban J connectivity index is 1.78. The normalized spacial score (nSPS) is 13.5. The molecule has 2 aromatic carbocycles. The van der Waals surface area contributed by atoms with Crippen molar-refractivity contribution in [1.29, 1.82) is 0 Å². The van der Waals surface area contributed by atoms with Crippen LogP contribution in [0, 0.1) is 0 Å². The molecule has 0 aromatic heterocycles. The van der Waals surface area contributed by atoms with E-state index in [9.17, 15) is 14.4 Å². The van der Waals surface area contributed by atoms with Crippen LogP contribution in [-0.4, -0.2) is 29.7 Å². The van der Waals surface area contributed by atoms with Crippen LogP contribution in [0.15, 0.2) is 42.5 Å². The van der Waals surface area contributed by atoms with Gasteiger partial charge in [0.15, 0.2) is 0 Å². The van der Waals surface area contributed by atoms with Crippen LogP contribution >= 0.6 is 23.2 Å². The fourth-order valence-corrected chi connectivity index (χ4v) is 2.98. The van der Waals surface area contributed by atoms with Crippen LogP contribution in [0.2, 0.25) is 10.0 Å². The Morgan fingerprint density at radius 3 is 2.36 bits per heavy atom. The van der Waals surface area contributed by atoms with Crippen LogP contribution in [-0.2, 0) is 4.79 Å². The van der Waals surface area contributed by atoms with E-state index in [1.165, 1.54) is 31.3 Å². The van der Waals surface area contributed by atoms with Crippen molar-refractivity contribution < 1.29 is 14.4 Å². The number of halogens is 2. The number of imide groups is 1. The molecule has 126 valence electrons. The molecule has 2 aromatic rings. The summed E-state index contributed by atoms with van der Waals surface area (Å²) in [6, 6.07) is 9.62. The molecule has 1 heterocycles. The number of benzene rings is 2. The van der Waals surface area contributed by atoms with E-state index in [2.05, 4.69) is 5.32 Å². The molecular weight excluding hydrogens is 363 g/mol. The van der Waals surface area contributed by atoms with E-state index in [1.54, 1.807) is 24.3 Å². The van der Waals surface area contributed by atoms with Gasteiger partial charge in [0.1, 0.15) is 0 Å². The Labute approximate surface area is 153 Å². The number of carbonyl (C=O) groups is 3. The summed E-state index contributed by atoms with van der Waals surface area (Å²) in [5.74, 6) is -1.17. The van der Waals surface area contributed by atoms with Gasteiger partial charge in [-0.1, -0.05) is 29.3 Å². The lowest BCUT2D eigenvalue weighted by Gasteiger charge is -2.04. The molecule has 1 aliphatic heterocycles. The van der Waals surface area contributed by atoms with Gasteiger partial charge in [-0.2, -0.15) is 0 Å². The van der Waals surface area contributed by atoms with Gasteiger partial charge in [-0.05, 0) is 36.4 Å². The van der Waals surface area contributed by atoms with Gasteiger partial charge in [0.05, 0.1) is 11.1 Å². The number of hydrogen-bond acceptors (Lipinski definition) is 3. The van der Waals surface area contributed by atoms with E-state index in [0.717, 1.165) is 4.90 Å². The van der Waals surface area contributed by atoms with Crippen LogP contribution in [0.5, 0.6) is 0 Å². The Hall–Kier alpha value is -2.63. The maximum Gasteiger partial charge on any atom is 0.261 e. The van der Waals surface area contributed by atoms with Crippen LogP contribution in [0.4, 0.5) is 5.69 Å². The summed E-state index contributed by atoms with van der Waals surface area (Å²) in [5.41, 5.74) is 1.54. The third-order valence-corrected chi connectivity index (χ3v) is 4.42.